The van der Waals surface area contributed by atoms with Gasteiger partial charge in [0, 0.05) is 11.3 Å². The molecule has 2 aromatic rings. The van der Waals surface area contributed by atoms with Gasteiger partial charge in [-0.1, -0.05) is 0 Å². The minimum Gasteiger partial charge on any atom is -0.493 e. The number of nitrogens with zero attached hydrogens (tertiary/aromatic N) is 2. The van der Waals surface area contributed by atoms with Gasteiger partial charge in [-0.25, -0.2) is 4.68 Å². The number of benzene rings is 1. The molecule has 0 bridgehead atoms. The van der Waals surface area contributed by atoms with Crippen LogP contribution in [0.5, 0.6) is 17.2 Å². The van der Waals surface area contributed by atoms with E-state index in [4.69, 9.17) is 19.9 Å². The maximum atomic E-state index is 12.5. The predicted molar refractivity (Wildman–Crippen MR) is 97.8 cm³/mol. The highest BCUT2D eigenvalue weighted by Gasteiger charge is 2.15. The normalized spacial score (nSPS) is 10.8. The molecule has 0 fully saturated rings. The summed E-state index contributed by atoms with van der Waals surface area (Å²) in [5.74, 6) is 0.578. The van der Waals surface area contributed by atoms with E-state index in [1.807, 2.05) is 0 Å². The highest BCUT2D eigenvalue weighted by Crippen LogP contribution is 2.37. The molecular formula is C18H21N3O5. The third-order valence-electron chi connectivity index (χ3n) is 3.82. The van der Waals surface area contributed by atoms with Gasteiger partial charge in [-0.05, 0) is 37.6 Å². The number of hydrogen-bond acceptors (Lipinski definition) is 6. The van der Waals surface area contributed by atoms with Gasteiger partial charge in [-0.3, -0.25) is 9.59 Å². The van der Waals surface area contributed by atoms with Crippen LogP contribution >= 0.6 is 0 Å². The van der Waals surface area contributed by atoms with E-state index < -0.39 is 11.5 Å². The molecule has 0 aliphatic heterocycles. The van der Waals surface area contributed by atoms with Crippen LogP contribution in [-0.4, -0.2) is 38.1 Å². The molecule has 8 heteroatoms. The number of ether oxygens (including phenoxy) is 3. The van der Waals surface area contributed by atoms with Crippen molar-refractivity contribution < 1.29 is 19.0 Å². The number of carbonyl (C=O) groups excluding carboxylic acids is 1. The summed E-state index contributed by atoms with van der Waals surface area (Å²) >= 11 is 0. The summed E-state index contributed by atoms with van der Waals surface area (Å²) < 4.78 is 17.0. The van der Waals surface area contributed by atoms with Gasteiger partial charge in [0.2, 0.25) is 5.75 Å². The number of hydrogen-bond donors (Lipinski definition) is 1. The highest BCUT2D eigenvalue weighted by molar-refractivity contribution is 5.94. The van der Waals surface area contributed by atoms with Gasteiger partial charge >= 0.3 is 0 Å². The molecule has 8 nitrogen and oxygen atoms in total. The Labute approximate surface area is 150 Å². The number of nitrogens with two attached hydrogens (primary N) is 1. The molecule has 138 valence electrons. The molecule has 0 aliphatic carbocycles. The molecule has 1 heterocycles. The van der Waals surface area contributed by atoms with Crippen molar-refractivity contribution in [2.24, 2.45) is 10.8 Å². The predicted octanol–water partition coefficient (Wildman–Crippen LogP) is 1.47. The van der Waals surface area contributed by atoms with E-state index in [0.717, 1.165) is 4.68 Å². The van der Waals surface area contributed by atoms with E-state index >= 15 is 0 Å². The van der Waals surface area contributed by atoms with Crippen molar-refractivity contribution in [1.29, 1.82) is 0 Å². The van der Waals surface area contributed by atoms with E-state index in [0.29, 0.717) is 34.1 Å². The number of pyridine rings is 1. The van der Waals surface area contributed by atoms with Crippen molar-refractivity contribution in [2.45, 2.75) is 13.8 Å². The van der Waals surface area contributed by atoms with E-state index in [2.05, 4.69) is 5.10 Å². The third kappa shape index (κ3) is 3.53. The fourth-order valence-corrected chi connectivity index (χ4v) is 2.62. The molecule has 2 rings (SSSR count). The van der Waals surface area contributed by atoms with Gasteiger partial charge in [0.25, 0.3) is 11.5 Å². The molecule has 0 unspecified atom stereocenters. The summed E-state index contributed by atoms with van der Waals surface area (Å²) in [4.78, 5) is 24.0. The van der Waals surface area contributed by atoms with Gasteiger partial charge in [0.1, 0.15) is 5.56 Å². The van der Waals surface area contributed by atoms with Crippen molar-refractivity contribution in [3.63, 3.8) is 0 Å². The zero-order valence-electron chi connectivity index (χ0n) is 15.3. The van der Waals surface area contributed by atoms with Crippen LogP contribution in [-0.2, 0) is 0 Å². The average molecular weight is 359 g/mol. The van der Waals surface area contributed by atoms with Crippen molar-refractivity contribution in [2.75, 3.05) is 21.3 Å². The molecule has 0 radical (unpaired) electrons. The summed E-state index contributed by atoms with van der Waals surface area (Å²) in [6, 6.07) is 5.05. The van der Waals surface area contributed by atoms with Crippen LogP contribution in [0.3, 0.4) is 0 Å². The molecule has 26 heavy (non-hydrogen) atoms. The maximum absolute atomic E-state index is 12.5. The Kier molecular flexibility index (Phi) is 5.66. The lowest BCUT2D eigenvalue weighted by Gasteiger charge is -2.13. The smallest absolute Gasteiger partial charge is 0.284 e. The van der Waals surface area contributed by atoms with Gasteiger partial charge < -0.3 is 19.9 Å². The molecule has 0 saturated heterocycles. The Balaban J connectivity index is 2.56. The SMILES string of the molecule is COc1cc(C=Nn2c(C)cc(C)c(C(N)=O)c2=O)cc(OC)c1OC. The lowest BCUT2D eigenvalue weighted by atomic mass is 10.1. The molecule has 1 amide bonds. The molecule has 2 N–H and O–H groups in total. The maximum Gasteiger partial charge on any atom is 0.284 e. The average Bonchev–Trinajstić information content (AvgIpc) is 2.59. The first kappa shape index (κ1) is 19.0. The van der Waals surface area contributed by atoms with Gasteiger partial charge in [0.15, 0.2) is 11.5 Å². The molecule has 0 spiro atoms. The summed E-state index contributed by atoms with van der Waals surface area (Å²) in [7, 11) is 4.52. The molecule has 0 saturated carbocycles. The Hall–Kier alpha value is -3.29. The topological polar surface area (TPSA) is 105 Å². The van der Waals surface area contributed by atoms with Crippen molar-refractivity contribution in [1.82, 2.24) is 4.68 Å². The second-order valence-corrected chi connectivity index (χ2v) is 5.53. The lowest BCUT2D eigenvalue weighted by Crippen LogP contribution is -2.30. The van der Waals surface area contributed by atoms with Crippen LogP contribution in [0, 0.1) is 13.8 Å². The second-order valence-electron chi connectivity index (χ2n) is 5.53. The number of rotatable bonds is 6. The number of methoxy groups -OCH3 is 3. The van der Waals surface area contributed by atoms with Gasteiger partial charge in [-0.15, -0.1) is 0 Å². The Morgan fingerprint density at radius 1 is 1.08 bits per heavy atom. The van der Waals surface area contributed by atoms with Crippen LogP contribution in [0.25, 0.3) is 0 Å². The Morgan fingerprint density at radius 2 is 1.65 bits per heavy atom. The molecule has 0 atom stereocenters. The first-order chi connectivity index (χ1) is 12.3. The molecule has 0 aliphatic rings. The Morgan fingerprint density at radius 3 is 2.12 bits per heavy atom. The van der Waals surface area contributed by atoms with Crippen LogP contribution in [0.4, 0.5) is 0 Å². The van der Waals surface area contributed by atoms with Crippen molar-refractivity contribution in [3.05, 3.63) is 50.9 Å². The van der Waals surface area contributed by atoms with Crippen LogP contribution in [0.15, 0.2) is 28.1 Å². The van der Waals surface area contributed by atoms with Crippen molar-refractivity contribution in [3.8, 4) is 17.2 Å². The van der Waals surface area contributed by atoms with Crippen molar-refractivity contribution >= 4 is 12.1 Å². The van der Waals surface area contributed by atoms with E-state index in [9.17, 15) is 9.59 Å². The fourth-order valence-electron chi connectivity index (χ4n) is 2.62. The minimum absolute atomic E-state index is 0.0855. The summed E-state index contributed by atoms with van der Waals surface area (Å²) in [5, 5.41) is 4.19. The van der Waals surface area contributed by atoms with Gasteiger partial charge in [-0.2, -0.15) is 5.10 Å². The van der Waals surface area contributed by atoms with Crippen LogP contribution < -0.4 is 25.5 Å². The van der Waals surface area contributed by atoms with Gasteiger partial charge in [0.05, 0.1) is 27.5 Å². The van der Waals surface area contributed by atoms with Crippen LogP contribution in [0.2, 0.25) is 0 Å². The second kappa shape index (κ2) is 7.73. The Bertz CT molecular complexity index is 906. The fraction of sp³-hybridized carbons (Fsp3) is 0.278. The summed E-state index contributed by atoms with van der Waals surface area (Å²) in [5.41, 5.74) is 6.34. The standard InChI is InChI=1S/C18H21N3O5/c1-10-6-11(2)21(18(23)15(10)17(19)22)20-9-12-7-13(24-3)16(26-5)14(8-12)25-4/h6-9H,1-5H3,(H2,19,22). The zero-order valence-corrected chi connectivity index (χ0v) is 15.3. The van der Waals surface area contributed by atoms with E-state index in [-0.39, 0.29) is 5.56 Å². The highest BCUT2D eigenvalue weighted by atomic mass is 16.5. The number of aryl methyl sites for hydroxylation is 2. The summed E-state index contributed by atoms with van der Waals surface area (Å²) in [6.07, 6.45) is 1.46. The molecule has 1 aromatic heterocycles. The molecular weight excluding hydrogens is 338 g/mol. The number of aromatic nitrogens is 1. The third-order valence-corrected chi connectivity index (χ3v) is 3.82. The largest absolute Gasteiger partial charge is 0.493 e. The lowest BCUT2D eigenvalue weighted by molar-refractivity contribution is 0.0997. The minimum atomic E-state index is -0.788. The quantitative estimate of drug-likeness (QED) is 0.787. The van der Waals surface area contributed by atoms with E-state index in [1.165, 1.54) is 27.5 Å². The monoisotopic (exact) mass is 359 g/mol. The van der Waals surface area contributed by atoms with Crippen LogP contribution in [0.1, 0.15) is 27.2 Å². The first-order valence-electron chi connectivity index (χ1n) is 7.71. The first-order valence-corrected chi connectivity index (χ1v) is 7.71. The zero-order chi connectivity index (χ0) is 19.4. The number of primary amides is 1. The number of amides is 1. The summed E-state index contributed by atoms with van der Waals surface area (Å²) in [6.45, 7) is 3.37. The number of carbonyl (C=O) groups is 1. The molecule has 1 aromatic carbocycles. The van der Waals surface area contributed by atoms with E-state index in [1.54, 1.807) is 32.0 Å².